The van der Waals surface area contributed by atoms with Crippen LogP contribution in [0.25, 0.3) is 28.7 Å². The second-order valence-electron chi connectivity index (χ2n) is 8.79. The zero-order valence-corrected chi connectivity index (χ0v) is 23.1. The van der Waals surface area contributed by atoms with E-state index in [1.54, 1.807) is 30.8 Å². The first kappa shape index (κ1) is 26.3. The van der Waals surface area contributed by atoms with Crippen molar-refractivity contribution in [2.24, 2.45) is 0 Å². The highest BCUT2D eigenvalue weighted by Crippen LogP contribution is 2.44. The number of aromatic hydroxyl groups is 1. The van der Waals surface area contributed by atoms with Crippen molar-refractivity contribution in [3.63, 3.8) is 0 Å². The molecule has 2 aromatic heterocycles. The predicted octanol–water partition coefficient (Wildman–Crippen LogP) is 6.98. The van der Waals surface area contributed by atoms with Gasteiger partial charge in [0.15, 0.2) is 0 Å². The maximum atomic E-state index is 13.8. The summed E-state index contributed by atoms with van der Waals surface area (Å²) < 4.78 is 31.9. The van der Waals surface area contributed by atoms with E-state index in [0.29, 0.717) is 27.4 Å². The Kier molecular flexibility index (Phi) is 7.03. The number of aryl methyl sites for hydroxylation is 1. The lowest BCUT2D eigenvalue weighted by Crippen LogP contribution is -2.16. The fourth-order valence-electron chi connectivity index (χ4n) is 4.58. The average molecular weight is 555 g/mol. The van der Waals surface area contributed by atoms with Crippen molar-refractivity contribution in [2.75, 3.05) is 4.72 Å². The van der Waals surface area contributed by atoms with E-state index >= 15 is 0 Å². The number of fused-ring (bicyclic) bond motifs is 1. The van der Waals surface area contributed by atoms with Gasteiger partial charge in [-0.2, -0.15) is 5.10 Å². The molecule has 3 aromatic carbocycles. The summed E-state index contributed by atoms with van der Waals surface area (Å²) in [5, 5.41) is 16.6. The van der Waals surface area contributed by atoms with Gasteiger partial charge in [-0.3, -0.25) is 9.71 Å². The van der Waals surface area contributed by atoms with Gasteiger partial charge in [-0.15, -0.1) is 0 Å². The number of pyridine rings is 1. The Labute approximate surface area is 231 Å². The van der Waals surface area contributed by atoms with Gasteiger partial charge in [-0.05, 0) is 44.2 Å². The third kappa shape index (κ3) is 4.82. The summed E-state index contributed by atoms with van der Waals surface area (Å²) in [5.41, 5.74) is 3.42. The monoisotopic (exact) mass is 554 g/mol. The fraction of sp³-hybridized carbons (Fsp3) is 0.0667. The molecule has 5 rings (SSSR count). The van der Waals surface area contributed by atoms with Gasteiger partial charge in [0, 0.05) is 27.6 Å². The Morgan fingerprint density at radius 1 is 0.949 bits per heavy atom. The van der Waals surface area contributed by atoms with Gasteiger partial charge in [0.1, 0.15) is 10.6 Å². The molecule has 0 aliphatic rings. The summed E-state index contributed by atoms with van der Waals surface area (Å²) in [5.74, 6) is -0.0231. The number of phenols is 1. The Morgan fingerprint density at radius 3 is 2.38 bits per heavy atom. The highest BCUT2D eigenvalue weighted by molar-refractivity contribution is 7.99. The van der Waals surface area contributed by atoms with Gasteiger partial charge in [0.25, 0.3) is 10.0 Å². The molecule has 0 unspecified atom stereocenters. The number of aromatic nitrogens is 3. The third-order valence-corrected chi connectivity index (χ3v) is 9.00. The number of para-hydroxylation sites is 2. The van der Waals surface area contributed by atoms with Gasteiger partial charge in [0.05, 0.1) is 33.2 Å². The van der Waals surface area contributed by atoms with E-state index in [2.05, 4.69) is 28.0 Å². The number of hydrogen-bond acceptors (Lipinski definition) is 6. The molecule has 0 amide bonds. The second-order valence-corrected chi connectivity index (χ2v) is 11.5. The molecule has 0 atom stereocenters. The SMILES string of the molecule is C=Cc1c(NS(=O)(=O)c2c(C)nn(-c3ccccc3)c2C)cc(Sc2cccc3cccnc23)c(O)c1C=C. The minimum absolute atomic E-state index is 0.0231. The van der Waals surface area contributed by atoms with E-state index in [0.717, 1.165) is 21.5 Å². The lowest BCUT2D eigenvalue weighted by atomic mass is 10.0. The first-order valence-corrected chi connectivity index (χ1v) is 14.4. The van der Waals surface area contributed by atoms with Crippen LogP contribution >= 0.6 is 11.8 Å². The first-order chi connectivity index (χ1) is 18.7. The standard InChI is InChI=1S/C30H26N4O3S2/c1-5-23-24(6-2)29(35)27(38-26-16-10-12-21-13-11-17-31-28(21)26)18-25(23)33-39(36,37)30-19(3)32-34(20(30)4)22-14-8-7-9-15-22/h5-18,33,35H,1-2H2,3-4H3. The number of anilines is 1. The van der Waals surface area contributed by atoms with E-state index in [-0.39, 0.29) is 16.3 Å². The molecule has 0 aliphatic heterocycles. The summed E-state index contributed by atoms with van der Waals surface area (Å²) in [4.78, 5) is 5.84. The molecular formula is C30H26N4O3S2. The molecule has 196 valence electrons. The molecule has 39 heavy (non-hydrogen) atoms. The van der Waals surface area contributed by atoms with Crippen LogP contribution in [-0.2, 0) is 10.0 Å². The Hall–Kier alpha value is -4.34. The van der Waals surface area contributed by atoms with E-state index < -0.39 is 10.0 Å². The molecule has 9 heteroatoms. The van der Waals surface area contributed by atoms with Crippen LogP contribution in [0.4, 0.5) is 5.69 Å². The Morgan fingerprint density at radius 2 is 1.67 bits per heavy atom. The minimum Gasteiger partial charge on any atom is -0.506 e. The maximum Gasteiger partial charge on any atom is 0.265 e. The van der Waals surface area contributed by atoms with Crippen LogP contribution in [0.3, 0.4) is 0 Å². The van der Waals surface area contributed by atoms with Crippen LogP contribution in [0.2, 0.25) is 0 Å². The molecule has 0 saturated carbocycles. The molecule has 7 nitrogen and oxygen atoms in total. The van der Waals surface area contributed by atoms with E-state index in [9.17, 15) is 13.5 Å². The fourth-order valence-corrected chi connectivity index (χ4v) is 7.08. The summed E-state index contributed by atoms with van der Waals surface area (Å²) in [6.45, 7) is 11.1. The summed E-state index contributed by atoms with van der Waals surface area (Å²) in [6.07, 6.45) is 4.69. The lowest BCUT2D eigenvalue weighted by molar-refractivity contribution is 0.461. The van der Waals surface area contributed by atoms with Crippen LogP contribution in [0.15, 0.2) is 101 Å². The summed E-state index contributed by atoms with van der Waals surface area (Å²) in [7, 11) is -4.08. The molecule has 0 saturated heterocycles. The number of hydrogen-bond donors (Lipinski definition) is 2. The number of benzene rings is 3. The van der Waals surface area contributed by atoms with Gasteiger partial charge in [-0.1, -0.05) is 73.5 Å². The van der Waals surface area contributed by atoms with Crippen LogP contribution in [0.5, 0.6) is 5.75 Å². The average Bonchev–Trinajstić information content (AvgIpc) is 3.25. The van der Waals surface area contributed by atoms with Crippen molar-refractivity contribution in [1.29, 1.82) is 0 Å². The van der Waals surface area contributed by atoms with Gasteiger partial charge in [-0.25, -0.2) is 13.1 Å². The summed E-state index contributed by atoms with van der Waals surface area (Å²) in [6, 6.07) is 20.6. The van der Waals surface area contributed by atoms with Crippen LogP contribution in [-0.4, -0.2) is 28.3 Å². The zero-order valence-electron chi connectivity index (χ0n) is 21.4. The molecule has 0 bridgehead atoms. The largest absolute Gasteiger partial charge is 0.506 e. The highest BCUT2D eigenvalue weighted by atomic mass is 32.2. The normalized spacial score (nSPS) is 11.4. The Bertz CT molecular complexity index is 1840. The van der Waals surface area contributed by atoms with Gasteiger partial charge >= 0.3 is 0 Å². The lowest BCUT2D eigenvalue weighted by Gasteiger charge is -2.17. The van der Waals surface area contributed by atoms with Crippen molar-refractivity contribution < 1.29 is 13.5 Å². The van der Waals surface area contributed by atoms with E-state index in [4.69, 9.17) is 0 Å². The molecule has 0 radical (unpaired) electrons. The van der Waals surface area contributed by atoms with Gasteiger partial charge < -0.3 is 5.11 Å². The molecule has 0 fully saturated rings. The number of nitrogens with one attached hydrogen (secondary N) is 1. The number of rotatable bonds is 8. The molecule has 2 N–H and O–H groups in total. The number of nitrogens with zero attached hydrogens (tertiary/aromatic N) is 3. The summed E-state index contributed by atoms with van der Waals surface area (Å²) >= 11 is 1.29. The van der Waals surface area contributed by atoms with Crippen LogP contribution in [0, 0.1) is 13.8 Å². The predicted molar refractivity (Wildman–Crippen MR) is 158 cm³/mol. The third-order valence-electron chi connectivity index (χ3n) is 6.31. The topological polar surface area (TPSA) is 97.1 Å². The van der Waals surface area contributed by atoms with Crippen molar-refractivity contribution in [3.8, 4) is 11.4 Å². The first-order valence-electron chi connectivity index (χ1n) is 12.1. The van der Waals surface area contributed by atoms with Crippen molar-refractivity contribution >= 4 is 50.5 Å². The smallest absolute Gasteiger partial charge is 0.265 e. The van der Waals surface area contributed by atoms with Crippen molar-refractivity contribution in [1.82, 2.24) is 14.8 Å². The maximum absolute atomic E-state index is 13.8. The highest BCUT2D eigenvalue weighted by Gasteiger charge is 2.27. The van der Waals surface area contributed by atoms with Gasteiger partial charge in [0.2, 0.25) is 0 Å². The quantitative estimate of drug-likeness (QED) is 0.201. The molecule has 5 aromatic rings. The molecule has 2 heterocycles. The van der Waals surface area contributed by atoms with Crippen LogP contribution in [0.1, 0.15) is 22.5 Å². The molecule has 0 spiro atoms. The zero-order chi connectivity index (χ0) is 27.7. The van der Waals surface area contributed by atoms with Crippen molar-refractivity contribution in [3.05, 3.63) is 109 Å². The molecule has 0 aliphatic carbocycles. The van der Waals surface area contributed by atoms with E-state index in [1.165, 1.54) is 23.9 Å². The number of phenolic OH excluding ortho intramolecular Hbond substituents is 1. The van der Waals surface area contributed by atoms with E-state index in [1.807, 2.05) is 60.7 Å². The van der Waals surface area contributed by atoms with Crippen LogP contribution < -0.4 is 4.72 Å². The second kappa shape index (κ2) is 10.4. The number of sulfonamides is 1. The minimum atomic E-state index is -4.08. The van der Waals surface area contributed by atoms with Crippen molar-refractivity contribution in [2.45, 2.75) is 28.5 Å². The molecular weight excluding hydrogens is 528 g/mol. The Balaban J connectivity index is 1.61.